The van der Waals surface area contributed by atoms with E-state index in [1.807, 2.05) is 6.92 Å². The van der Waals surface area contributed by atoms with Gasteiger partial charge in [-0.15, -0.1) is 0 Å². The zero-order valence-corrected chi connectivity index (χ0v) is 11.3. The van der Waals surface area contributed by atoms with E-state index in [1.54, 1.807) is 16.8 Å². The Bertz CT molecular complexity index is 595. The van der Waals surface area contributed by atoms with Gasteiger partial charge in [0, 0.05) is 13.0 Å². The largest absolute Gasteiger partial charge is 0.292 e. The number of aryl methyl sites for hydroxylation is 1. The summed E-state index contributed by atoms with van der Waals surface area (Å²) >= 11 is 5.99. The molecule has 0 amide bonds. The smallest absolute Gasteiger partial charge is 0.186 e. The molecule has 1 aromatic carbocycles. The first kappa shape index (κ1) is 13.7. The molecule has 5 heteroatoms. The molecule has 0 N–H and O–H groups in total. The summed E-state index contributed by atoms with van der Waals surface area (Å²) in [4.78, 5) is 12.2. The van der Waals surface area contributed by atoms with Gasteiger partial charge in [-0.3, -0.25) is 9.48 Å². The van der Waals surface area contributed by atoms with Crippen molar-refractivity contribution in [3.05, 3.63) is 52.6 Å². The van der Waals surface area contributed by atoms with Gasteiger partial charge < -0.3 is 0 Å². The van der Waals surface area contributed by atoms with Gasteiger partial charge in [-0.2, -0.15) is 5.10 Å². The maximum absolute atomic E-state index is 13.1. The average Bonchev–Trinajstić information content (AvgIpc) is 2.71. The molecule has 19 heavy (non-hydrogen) atoms. The molecule has 0 fully saturated rings. The fourth-order valence-electron chi connectivity index (χ4n) is 1.94. The summed E-state index contributed by atoms with van der Waals surface area (Å²) in [5.74, 6) is -0.500. The molecule has 0 atom stereocenters. The zero-order valence-electron chi connectivity index (χ0n) is 10.6. The van der Waals surface area contributed by atoms with Crippen molar-refractivity contribution < 1.29 is 9.18 Å². The second-order valence-corrected chi connectivity index (χ2v) is 4.70. The van der Waals surface area contributed by atoms with E-state index in [2.05, 4.69) is 5.10 Å². The van der Waals surface area contributed by atoms with Crippen LogP contribution >= 0.6 is 11.6 Å². The second-order valence-electron chi connectivity index (χ2n) is 4.29. The average molecular weight is 281 g/mol. The summed E-state index contributed by atoms with van der Waals surface area (Å²) in [5, 5.41) is 4.42. The van der Waals surface area contributed by atoms with Gasteiger partial charge in [0.1, 0.15) is 11.5 Å². The minimum Gasteiger partial charge on any atom is -0.292 e. The van der Waals surface area contributed by atoms with Crippen molar-refractivity contribution in [2.24, 2.45) is 0 Å². The molecule has 1 heterocycles. The lowest BCUT2D eigenvalue weighted by Gasteiger charge is -2.06. The molecule has 2 rings (SSSR count). The number of rotatable bonds is 5. The van der Waals surface area contributed by atoms with Gasteiger partial charge in [0.25, 0.3) is 0 Å². The van der Waals surface area contributed by atoms with E-state index in [0.29, 0.717) is 22.8 Å². The van der Waals surface area contributed by atoms with E-state index in [4.69, 9.17) is 11.6 Å². The number of benzene rings is 1. The molecule has 0 bridgehead atoms. The van der Waals surface area contributed by atoms with Crippen molar-refractivity contribution in [3.8, 4) is 0 Å². The van der Waals surface area contributed by atoms with Gasteiger partial charge in [-0.25, -0.2) is 4.39 Å². The number of carbonyl (C=O) groups excluding carboxylic acids is 1. The Labute approximate surface area is 116 Å². The van der Waals surface area contributed by atoms with Gasteiger partial charge in [-0.05, 0) is 24.1 Å². The van der Waals surface area contributed by atoms with Crippen LogP contribution in [-0.2, 0) is 13.0 Å². The van der Waals surface area contributed by atoms with Crippen LogP contribution in [0.2, 0.25) is 5.02 Å². The zero-order chi connectivity index (χ0) is 13.8. The minimum absolute atomic E-state index is 0.118. The predicted molar refractivity (Wildman–Crippen MR) is 72.0 cm³/mol. The van der Waals surface area contributed by atoms with Crippen molar-refractivity contribution in [1.82, 2.24) is 9.78 Å². The van der Waals surface area contributed by atoms with Gasteiger partial charge in [0.05, 0.1) is 11.2 Å². The number of Topliss-reactive ketones (excluding diaryl/α,β-unsaturated/α-hetero) is 1. The van der Waals surface area contributed by atoms with Gasteiger partial charge in [0.2, 0.25) is 0 Å². The molecule has 0 unspecified atom stereocenters. The Morgan fingerprint density at radius 3 is 2.95 bits per heavy atom. The molecular formula is C14H14ClFN2O. The molecule has 0 spiro atoms. The number of aromatic nitrogens is 2. The van der Waals surface area contributed by atoms with E-state index in [0.717, 1.165) is 6.42 Å². The molecule has 2 aromatic rings. The lowest BCUT2D eigenvalue weighted by molar-refractivity contribution is 0.0982. The van der Waals surface area contributed by atoms with E-state index in [1.165, 1.54) is 18.3 Å². The highest BCUT2D eigenvalue weighted by Gasteiger charge is 2.17. The van der Waals surface area contributed by atoms with Crippen molar-refractivity contribution >= 4 is 17.4 Å². The van der Waals surface area contributed by atoms with Crippen LogP contribution in [-0.4, -0.2) is 15.6 Å². The summed E-state index contributed by atoms with van der Waals surface area (Å²) in [7, 11) is 0. The minimum atomic E-state index is -0.349. The molecule has 0 saturated heterocycles. The molecule has 0 aliphatic heterocycles. The lowest BCUT2D eigenvalue weighted by Crippen LogP contribution is -2.13. The molecule has 0 saturated carbocycles. The van der Waals surface area contributed by atoms with E-state index in [9.17, 15) is 9.18 Å². The summed E-state index contributed by atoms with van der Waals surface area (Å²) in [6.07, 6.45) is 2.45. The van der Waals surface area contributed by atoms with Crippen LogP contribution in [0.25, 0.3) is 0 Å². The second kappa shape index (κ2) is 5.97. The first-order valence-corrected chi connectivity index (χ1v) is 6.48. The summed E-state index contributed by atoms with van der Waals surface area (Å²) in [5.41, 5.74) is 1.03. The van der Waals surface area contributed by atoms with Crippen LogP contribution in [0.4, 0.5) is 4.39 Å². The SMILES string of the molecule is CCCn1ncc(Cl)c1C(=O)Cc1cccc(F)c1. The Morgan fingerprint density at radius 1 is 1.47 bits per heavy atom. The fourth-order valence-corrected chi connectivity index (χ4v) is 2.18. The van der Waals surface area contributed by atoms with Crippen LogP contribution in [0.3, 0.4) is 0 Å². The van der Waals surface area contributed by atoms with E-state index >= 15 is 0 Å². The van der Waals surface area contributed by atoms with Crippen LogP contribution < -0.4 is 0 Å². The Hall–Kier alpha value is -1.68. The number of nitrogens with zero attached hydrogens (tertiary/aromatic N) is 2. The molecule has 1 aromatic heterocycles. The van der Waals surface area contributed by atoms with Crippen molar-refractivity contribution in [2.45, 2.75) is 26.3 Å². The van der Waals surface area contributed by atoms with Crippen LogP contribution in [0, 0.1) is 5.82 Å². The third kappa shape index (κ3) is 3.20. The topological polar surface area (TPSA) is 34.9 Å². The number of ketones is 1. The highest BCUT2D eigenvalue weighted by Crippen LogP contribution is 2.18. The third-order valence-electron chi connectivity index (χ3n) is 2.75. The maximum atomic E-state index is 13.1. The molecule has 0 radical (unpaired) electrons. The number of carbonyl (C=O) groups is 1. The highest BCUT2D eigenvalue weighted by molar-refractivity contribution is 6.33. The summed E-state index contributed by atoms with van der Waals surface area (Å²) < 4.78 is 14.7. The number of hydrogen-bond donors (Lipinski definition) is 0. The van der Waals surface area contributed by atoms with Gasteiger partial charge in [0.15, 0.2) is 5.78 Å². The Kier molecular flexibility index (Phi) is 4.32. The number of halogens is 2. The standard InChI is InChI=1S/C14H14ClFN2O/c1-2-6-18-14(12(15)9-17-18)13(19)8-10-4-3-5-11(16)7-10/h3-5,7,9H,2,6,8H2,1H3. The van der Waals surface area contributed by atoms with Crippen molar-refractivity contribution in [2.75, 3.05) is 0 Å². The maximum Gasteiger partial charge on any atom is 0.186 e. The van der Waals surface area contributed by atoms with Crippen molar-refractivity contribution in [1.29, 1.82) is 0 Å². The quantitative estimate of drug-likeness (QED) is 0.786. The molecule has 0 aliphatic rings. The lowest BCUT2D eigenvalue weighted by atomic mass is 10.1. The third-order valence-corrected chi connectivity index (χ3v) is 3.02. The normalized spacial score (nSPS) is 10.7. The molecule has 0 aliphatic carbocycles. The first-order valence-electron chi connectivity index (χ1n) is 6.10. The summed E-state index contributed by atoms with van der Waals surface area (Å²) in [6.45, 7) is 2.63. The van der Waals surface area contributed by atoms with Crippen LogP contribution in [0.1, 0.15) is 29.4 Å². The molecule has 3 nitrogen and oxygen atoms in total. The van der Waals surface area contributed by atoms with E-state index < -0.39 is 0 Å². The fraction of sp³-hybridized carbons (Fsp3) is 0.286. The molecule has 100 valence electrons. The predicted octanol–water partition coefficient (Wildman–Crippen LogP) is 3.51. The van der Waals surface area contributed by atoms with Crippen LogP contribution in [0.15, 0.2) is 30.5 Å². The van der Waals surface area contributed by atoms with Crippen molar-refractivity contribution in [3.63, 3.8) is 0 Å². The molecular weight excluding hydrogens is 267 g/mol. The first-order chi connectivity index (χ1) is 9.11. The monoisotopic (exact) mass is 280 g/mol. The Morgan fingerprint density at radius 2 is 2.26 bits per heavy atom. The summed E-state index contributed by atoms with van der Waals surface area (Å²) in [6, 6.07) is 6.01. The Balaban J connectivity index is 2.22. The van der Waals surface area contributed by atoms with E-state index in [-0.39, 0.29) is 18.0 Å². The van der Waals surface area contributed by atoms with Gasteiger partial charge >= 0.3 is 0 Å². The van der Waals surface area contributed by atoms with Crippen LogP contribution in [0.5, 0.6) is 0 Å². The van der Waals surface area contributed by atoms with Gasteiger partial charge in [-0.1, -0.05) is 30.7 Å². The number of hydrogen-bond acceptors (Lipinski definition) is 2. The highest BCUT2D eigenvalue weighted by atomic mass is 35.5.